The van der Waals surface area contributed by atoms with Crippen LogP contribution in [0.4, 0.5) is 0 Å². The van der Waals surface area contributed by atoms with Crippen LogP contribution in [-0.4, -0.2) is 54.1 Å². The van der Waals surface area contributed by atoms with Crippen LogP contribution in [0.5, 0.6) is 0 Å². The van der Waals surface area contributed by atoms with E-state index in [1.54, 1.807) is 0 Å². The van der Waals surface area contributed by atoms with Crippen molar-refractivity contribution >= 4 is 5.91 Å². The van der Waals surface area contributed by atoms with E-state index in [1.165, 1.54) is 0 Å². The summed E-state index contributed by atoms with van der Waals surface area (Å²) in [6.07, 6.45) is 2.39. The normalized spacial score (nSPS) is 37.4. The minimum atomic E-state index is -0.0180. The molecule has 2 heterocycles. The number of piperidine rings is 1. The largest absolute Gasteiger partial charge is 0.322 e. The first-order valence-electron chi connectivity index (χ1n) is 7.67. The van der Waals surface area contributed by atoms with E-state index in [0.29, 0.717) is 23.8 Å². The van der Waals surface area contributed by atoms with E-state index < -0.39 is 0 Å². The van der Waals surface area contributed by atoms with Crippen molar-refractivity contribution in [2.45, 2.75) is 58.8 Å². The third-order valence-corrected chi connectivity index (χ3v) is 4.52. The van der Waals surface area contributed by atoms with Gasteiger partial charge in [-0.3, -0.25) is 10.1 Å². The number of hydrogen-bond donors (Lipinski definition) is 1. The van der Waals surface area contributed by atoms with Crippen LogP contribution >= 0.6 is 0 Å². The van der Waals surface area contributed by atoms with Gasteiger partial charge in [0.25, 0.3) is 0 Å². The number of rotatable bonds is 3. The first-order chi connectivity index (χ1) is 8.90. The van der Waals surface area contributed by atoms with Crippen molar-refractivity contribution in [2.24, 2.45) is 11.8 Å². The van der Waals surface area contributed by atoms with Gasteiger partial charge in [-0.15, -0.1) is 0 Å². The third kappa shape index (κ3) is 3.11. The van der Waals surface area contributed by atoms with Gasteiger partial charge in [-0.25, -0.2) is 0 Å². The smallest absolute Gasteiger partial charge is 0.240 e. The van der Waals surface area contributed by atoms with Crippen molar-refractivity contribution in [3.05, 3.63) is 0 Å². The number of carbonyl (C=O) groups excluding carboxylic acids is 1. The fourth-order valence-corrected chi connectivity index (χ4v) is 3.60. The monoisotopic (exact) mass is 267 g/mol. The molecule has 4 heteroatoms. The Kier molecular flexibility index (Phi) is 4.51. The molecular weight excluding hydrogens is 238 g/mol. The van der Waals surface area contributed by atoms with E-state index in [9.17, 15) is 4.79 Å². The summed E-state index contributed by atoms with van der Waals surface area (Å²) < 4.78 is 0. The fourth-order valence-electron chi connectivity index (χ4n) is 3.60. The number of nitrogens with zero attached hydrogens (tertiary/aromatic N) is 2. The molecule has 0 radical (unpaired) electrons. The summed E-state index contributed by atoms with van der Waals surface area (Å²) in [5.74, 6) is 1.47. The highest BCUT2D eigenvalue weighted by molar-refractivity contribution is 5.84. The first kappa shape index (κ1) is 14.8. The Morgan fingerprint density at radius 3 is 2.63 bits per heavy atom. The lowest BCUT2D eigenvalue weighted by atomic mass is 9.91. The molecule has 0 aromatic rings. The van der Waals surface area contributed by atoms with E-state index in [0.717, 1.165) is 25.9 Å². The summed E-state index contributed by atoms with van der Waals surface area (Å²) in [4.78, 5) is 17.0. The predicted molar refractivity (Wildman–Crippen MR) is 77.8 cm³/mol. The van der Waals surface area contributed by atoms with Gasteiger partial charge >= 0.3 is 0 Å². The molecule has 2 rings (SSSR count). The summed E-state index contributed by atoms with van der Waals surface area (Å²) in [6, 6.07) is 0.389. The third-order valence-electron chi connectivity index (χ3n) is 4.52. The van der Waals surface area contributed by atoms with Gasteiger partial charge in [-0.2, -0.15) is 0 Å². The average molecular weight is 267 g/mol. The summed E-state index contributed by atoms with van der Waals surface area (Å²) >= 11 is 0. The van der Waals surface area contributed by atoms with Crippen molar-refractivity contribution in [1.29, 1.82) is 0 Å². The van der Waals surface area contributed by atoms with Crippen LogP contribution in [0.3, 0.4) is 0 Å². The number of hydrogen-bond acceptors (Lipinski definition) is 3. The summed E-state index contributed by atoms with van der Waals surface area (Å²) in [6.45, 7) is 10.9. The van der Waals surface area contributed by atoms with Crippen LogP contribution in [0, 0.1) is 11.8 Å². The van der Waals surface area contributed by atoms with Gasteiger partial charge in [-0.1, -0.05) is 20.8 Å². The molecule has 1 N–H and O–H groups in total. The topological polar surface area (TPSA) is 35.6 Å². The Labute approximate surface area is 117 Å². The second-order valence-corrected chi connectivity index (χ2v) is 6.87. The summed E-state index contributed by atoms with van der Waals surface area (Å²) in [5.41, 5.74) is 0. The zero-order valence-corrected chi connectivity index (χ0v) is 13.0. The molecule has 2 saturated heterocycles. The first-order valence-corrected chi connectivity index (χ1v) is 7.67. The molecular formula is C15H29N3O. The van der Waals surface area contributed by atoms with Crippen molar-refractivity contribution in [3.63, 3.8) is 0 Å². The second kappa shape index (κ2) is 5.80. The highest BCUT2D eigenvalue weighted by atomic mass is 16.2. The molecule has 19 heavy (non-hydrogen) atoms. The molecule has 4 nitrogen and oxygen atoms in total. The van der Waals surface area contributed by atoms with Crippen molar-refractivity contribution in [1.82, 2.24) is 15.1 Å². The molecule has 0 aromatic carbocycles. The van der Waals surface area contributed by atoms with Crippen LogP contribution in [0.15, 0.2) is 0 Å². The Balaban J connectivity index is 2.12. The standard InChI is InChI=1S/C15H29N3O/c1-10(2)8-14-16-12(4)15(19)18(14)13-6-7-17(5)9-11(13)3/h10-14,16H,6-9H2,1-5H3. The van der Waals surface area contributed by atoms with Crippen LogP contribution < -0.4 is 5.32 Å². The van der Waals surface area contributed by atoms with Crippen molar-refractivity contribution in [3.8, 4) is 0 Å². The molecule has 2 aliphatic heterocycles. The van der Waals surface area contributed by atoms with E-state index in [1.807, 2.05) is 6.92 Å². The van der Waals surface area contributed by atoms with Gasteiger partial charge in [0.1, 0.15) is 0 Å². The maximum atomic E-state index is 12.5. The molecule has 1 amide bonds. The van der Waals surface area contributed by atoms with E-state index >= 15 is 0 Å². The highest BCUT2D eigenvalue weighted by Gasteiger charge is 2.43. The second-order valence-electron chi connectivity index (χ2n) is 6.87. The van der Waals surface area contributed by atoms with E-state index in [4.69, 9.17) is 0 Å². The van der Waals surface area contributed by atoms with Gasteiger partial charge in [0, 0.05) is 12.6 Å². The zero-order valence-electron chi connectivity index (χ0n) is 13.0. The minimum Gasteiger partial charge on any atom is -0.322 e. The predicted octanol–water partition coefficient (Wildman–Crippen LogP) is 1.52. The van der Waals surface area contributed by atoms with Crippen molar-refractivity contribution < 1.29 is 4.79 Å². The molecule has 0 aliphatic carbocycles. The van der Waals surface area contributed by atoms with Crippen LogP contribution in [-0.2, 0) is 4.79 Å². The van der Waals surface area contributed by atoms with Crippen LogP contribution in [0.25, 0.3) is 0 Å². The molecule has 0 saturated carbocycles. The van der Waals surface area contributed by atoms with Gasteiger partial charge in [0.05, 0.1) is 12.2 Å². The fraction of sp³-hybridized carbons (Fsp3) is 0.933. The lowest BCUT2D eigenvalue weighted by Crippen LogP contribution is -2.53. The maximum absolute atomic E-state index is 12.5. The Bertz CT molecular complexity index is 331. The van der Waals surface area contributed by atoms with E-state index in [2.05, 4.69) is 42.9 Å². The molecule has 0 aromatic heterocycles. The van der Waals surface area contributed by atoms with Gasteiger partial charge in [0.2, 0.25) is 5.91 Å². The van der Waals surface area contributed by atoms with Gasteiger partial charge in [-0.05, 0) is 45.2 Å². The van der Waals surface area contributed by atoms with E-state index in [-0.39, 0.29) is 12.2 Å². The Hall–Kier alpha value is -0.610. The number of carbonyl (C=O) groups is 1. The quantitative estimate of drug-likeness (QED) is 0.842. The average Bonchev–Trinajstić information content (AvgIpc) is 2.55. The van der Waals surface area contributed by atoms with Gasteiger partial charge < -0.3 is 9.80 Å². The summed E-state index contributed by atoms with van der Waals surface area (Å²) in [5, 5.41) is 3.48. The summed E-state index contributed by atoms with van der Waals surface area (Å²) in [7, 11) is 2.17. The Morgan fingerprint density at radius 1 is 1.37 bits per heavy atom. The van der Waals surface area contributed by atoms with Crippen LogP contribution in [0.2, 0.25) is 0 Å². The number of likely N-dealkylation sites (tertiary alicyclic amines) is 1. The lowest BCUT2D eigenvalue weighted by molar-refractivity contribution is -0.134. The highest BCUT2D eigenvalue weighted by Crippen LogP contribution is 2.28. The lowest BCUT2D eigenvalue weighted by Gasteiger charge is -2.42. The van der Waals surface area contributed by atoms with Crippen molar-refractivity contribution in [2.75, 3.05) is 20.1 Å². The van der Waals surface area contributed by atoms with Crippen LogP contribution in [0.1, 0.15) is 40.5 Å². The molecule has 4 atom stereocenters. The minimum absolute atomic E-state index is 0.0180. The number of nitrogens with one attached hydrogen (secondary N) is 1. The molecule has 2 fully saturated rings. The zero-order chi connectivity index (χ0) is 14.2. The molecule has 4 unspecified atom stereocenters. The van der Waals surface area contributed by atoms with Gasteiger partial charge in [0.15, 0.2) is 0 Å². The molecule has 110 valence electrons. The molecule has 0 spiro atoms. The maximum Gasteiger partial charge on any atom is 0.240 e. The Morgan fingerprint density at radius 2 is 2.05 bits per heavy atom. The number of amides is 1. The molecule has 2 aliphatic rings. The molecule has 0 bridgehead atoms. The SMILES string of the molecule is CC(C)CC1NC(C)C(=O)N1C1CCN(C)CC1C.